The van der Waals surface area contributed by atoms with Crippen LogP contribution in [-0.2, 0) is 16.0 Å². The zero-order valence-corrected chi connectivity index (χ0v) is 9.18. The molecule has 1 N–H and O–H groups in total. The van der Waals surface area contributed by atoms with Crippen LogP contribution in [0.15, 0.2) is 24.3 Å². The third kappa shape index (κ3) is 3.90. The molecule has 4 heteroatoms. The highest BCUT2D eigenvalue weighted by molar-refractivity contribution is 5.70. The lowest BCUT2D eigenvalue weighted by Crippen LogP contribution is -2.39. The standard InChI is InChI=1S/C12H16O4/c1-2-7-16-11(12(14)15)8-9-3-5-10(13)6-4-9/h3-6,11,13H,2,7-8H2,1H3,(H,14,15)/p-1. The number of benzene rings is 1. The van der Waals surface area contributed by atoms with Gasteiger partial charge in [-0.1, -0.05) is 19.1 Å². The van der Waals surface area contributed by atoms with Crippen molar-refractivity contribution in [3.8, 4) is 5.75 Å². The molecule has 0 bridgehead atoms. The topological polar surface area (TPSA) is 69.6 Å². The highest BCUT2D eigenvalue weighted by atomic mass is 16.5. The second kappa shape index (κ2) is 6.12. The molecule has 0 saturated heterocycles. The molecule has 1 aromatic carbocycles. The molecule has 0 aliphatic heterocycles. The van der Waals surface area contributed by atoms with E-state index in [1.165, 1.54) is 12.1 Å². The Morgan fingerprint density at radius 1 is 1.44 bits per heavy atom. The summed E-state index contributed by atoms with van der Waals surface area (Å²) in [4.78, 5) is 10.8. The molecular formula is C12H15O4-. The number of phenolic OH excluding ortho intramolecular Hbond substituents is 1. The van der Waals surface area contributed by atoms with E-state index in [0.29, 0.717) is 6.61 Å². The molecule has 16 heavy (non-hydrogen) atoms. The molecular weight excluding hydrogens is 208 g/mol. The first-order valence-corrected chi connectivity index (χ1v) is 5.24. The van der Waals surface area contributed by atoms with Gasteiger partial charge in [-0.3, -0.25) is 0 Å². The van der Waals surface area contributed by atoms with Gasteiger partial charge in [-0.2, -0.15) is 0 Å². The van der Waals surface area contributed by atoms with Gasteiger partial charge in [-0.05, 0) is 24.1 Å². The molecule has 1 aromatic rings. The van der Waals surface area contributed by atoms with Crippen LogP contribution in [0, 0.1) is 0 Å². The zero-order valence-electron chi connectivity index (χ0n) is 9.18. The number of rotatable bonds is 6. The Hall–Kier alpha value is -1.55. The van der Waals surface area contributed by atoms with Gasteiger partial charge in [0.1, 0.15) is 11.9 Å². The van der Waals surface area contributed by atoms with Crippen molar-refractivity contribution in [1.82, 2.24) is 0 Å². The van der Waals surface area contributed by atoms with Crippen LogP contribution in [0.1, 0.15) is 18.9 Å². The summed E-state index contributed by atoms with van der Waals surface area (Å²) in [6.45, 7) is 2.31. The van der Waals surface area contributed by atoms with E-state index in [9.17, 15) is 9.90 Å². The van der Waals surface area contributed by atoms with Crippen LogP contribution in [0.4, 0.5) is 0 Å². The maximum atomic E-state index is 10.8. The van der Waals surface area contributed by atoms with Crippen LogP contribution in [0.5, 0.6) is 5.75 Å². The fourth-order valence-electron chi connectivity index (χ4n) is 1.32. The van der Waals surface area contributed by atoms with Crippen molar-refractivity contribution >= 4 is 5.97 Å². The molecule has 0 aliphatic carbocycles. The summed E-state index contributed by atoms with van der Waals surface area (Å²) in [6.07, 6.45) is 0.0894. The van der Waals surface area contributed by atoms with E-state index in [2.05, 4.69) is 0 Å². The first-order chi connectivity index (χ1) is 7.63. The fourth-order valence-corrected chi connectivity index (χ4v) is 1.32. The number of carboxylic acids is 1. The van der Waals surface area contributed by atoms with Crippen LogP contribution < -0.4 is 5.11 Å². The smallest absolute Gasteiger partial charge is 0.115 e. The van der Waals surface area contributed by atoms with Gasteiger partial charge in [0.25, 0.3) is 0 Å². The van der Waals surface area contributed by atoms with Gasteiger partial charge in [0.2, 0.25) is 0 Å². The van der Waals surface area contributed by atoms with Gasteiger partial charge in [0, 0.05) is 13.0 Å². The van der Waals surface area contributed by atoms with Crippen LogP contribution >= 0.6 is 0 Å². The minimum absolute atomic E-state index is 0.156. The molecule has 0 heterocycles. The van der Waals surface area contributed by atoms with Gasteiger partial charge in [-0.25, -0.2) is 0 Å². The summed E-state index contributed by atoms with van der Waals surface area (Å²) in [5.41, 5.74) is 0.795. The average Bonchev–Trinajstić information content (AvgIpc) is 2.26. The monoisotopic (exact) mass is 223 g/mol. The minimum atomic E-state index is -1.21. The van der Waals surface area contributed by atoms with Gasteiger partial charge < -0.3 is 19.7 Å². The number of hydrogen-bond donors (Lipinski definition) is 1. The normalized spacial score (nSPS) is 12.3. The summed E-state index contributed by atoms with van der Waals surface area (Å²) in [7, 11) is 0. The Balaban J connectivity index is 2.60. The predicted molar refractivity (Wildman–Crippen MR) is 56.8 cm³/mol. The van der Waals surface area contributed by atoms with Crippen molar-refractivity contribution in [2.45, 2.75) is 25.9 Å². The lowest BCUT2D eigenvalue weighted by molar-refractivity contribution is -0.316. The second-order valence-corrected chi connectivity index (χ2v) is 3.55. The zero-order chi connectivity index (χ0) is 12.0. The number of aromatic hydroxyl groups is 1. The highest BCUT2D eigenvalue weighted by Gasteiger charge is 2.10. The molecule has 1 rings (SSSR count). The number of phenols is 1. The van der Waals surface area contributed by atoms with E-state index in [0.717, 1.165) is 12.0 Å². The van der Waals surface area contributed by atoms with E-state index in [-0.39, 0.29) is 12.2 Å². The quantitative estimate of drug-likeness (QED) is 0.761. The Morgan fingerprint density at radius 2 is 2.06 bits per heavy atom. The second-order valence-electron chi connectivity index (χ2n) is 3.55. The summed E-state index contributed by atoms with van der Waals surface area (Å²) in [5.74, 6) is -1.05. The highest BCUT2D eigenvalue weighted by Crippen LogP contribution is 2.12. The van der Waals surface area contributed by atoms with Crippen molar-refractivity contribution in [1.29, 1.82) is 0 Å². The minimum Gasteiger partial charge on any atom is -0.547 e. The molecule has 0 spiro atoms. The lowest BCUT2D eigenvalue weighted by atomic mass is 10.1. The van der Waals surface area contributed by atoms with E-state index >= 15 is 0 Å². The van der Waals surface area contributed by atoms with Gasteiger partial charge >= 0.3 is 0 Å². The molecule has 88 valence electrons. The summed E-state index contributed by atoms with van der Waals surface area (Å²) in [5, 5.41) is 19.9. The van der Waals surface area contributed by atoms with E-state index in [1.807, 2.05) is 6.92 Å². The van der Waals surface area contributed by atoms with Crippen LogP contribution in [0.3, 0.4) is 0 Å². The van der Waals surface area contributed by atoms with Crippen molar-refractivity contribution in [2.24, 2.45) is 0 Å². The summed E-state index contributed by atoms with van der Waals surface area (Å²) in [6, 6.07) is 6.37. The third-order valence-corrected chi connectivity index (χ3v) is 2.14. The fraction of sp³-hybridized carbons (Fsp3) is 0.417. The Kier molecular flexibility index (Phi) is 4.79. The van der Waals surface area contributed by atoms with Gasteiger partial charge in [0.15, 0.2) is 0 Å². The SMILES string of the molecule is CCCOC(Cc1ccc(O)cc1)C(=O)[O-]. The van der Waals surface area contributed by atoms with E-state index in [1.54, 1.807) is 12.1 Å². The van der Waals surface area contributed by atoms with Crippen LogP contribution in [0.2, 0.25) is 0 Å². The van der Waals surface area contributed by atoms with Crippen molar-refractivity contribution in [3.63, 3.8) is 0 Å². The molecule has 0 amide bonds. The third-order valence-electron chi connectivity index (χ3n) is 2.14. The number of aliphatic carboxylic acids is 1. The van der Waals surface area contributed by atoms with Crippen LogP contribution in [-0.4, -0.2) is 23.8 Å². The molecule has 0 fully saturated rings. The summed E-state index contributed by atoms with van der Waals surface area (Å²) >= 11 is 0. The molecule has 4 nitrogen and oxygen atoms in total. The Bertz CT molecular complexity index is 331. The van der Waals surface area contributed by atoms with Crippen molar-refractivity contribution < 1.29 is 19.7 Å². The maximum absolute atomic E-state index is 10.8. The lowest BCUT2D eigenvalue weighted by Gasteiger charge is -2.18. The Labute approximate surface area is 94.5 Å². The molecule has 0 saturated carbocycles. The first-order valence-electron chi connectivity index (χ1n) is 5.24. The van der Waals surface area contributed by atoms with Crippen molar-refractivity contribution in [3.05, 3.63) is 29.8 Å². The number of carbonyl (C=O) groups is 1. The molecule has 0 aromatic heterocycles. The van der Waals surface area contributed by atoms with Crippen molar-refractivity contribution in [2.75, 3.05) is 6.61 Å². The van der Waals surface area contributed by atoms with E-state index in [4.69, 9.17) is 9.84 Å². The number of carboxylic acid groups (broad SMARTS) is 1. The molecule has 0 aliphatic rings. The summed E-state index contributed by atoms with van der Waals surface area (Å²) < 4.78 is 5.16. The first kappa shape index (κ1) is 12.5. The Morgan fingerprint density at radius 3 is 2.56 bits per heavy atom. The predicted octanol–water partition coefficient (Wildman–Crippen LogP) is 0.480. The van der Waals surface area contributed by atoms with Crippen LogP contribution in [0.25, 0.3) is 0 Å². The van der Waals surface area contributed by atoms with Gasteiger partial charge in [0.05, 0.1) is 5.97 Å². The molecule has 0 radical (unpaired) electrons. The van der Waals surface area contributed by atoms with Gasteiger partial charge in [-0.15, -0.1) is 0 Å². The number of hydrogen-bond acceptors (Lipinski definition) is 4. The molecule has 1 unspecified atom stereocenters. The maximum Gasteiger partial charge on any atom is 0.115 e. The number of carbonyl (C=O) groups excluding carboxylic acids is 1. The molecule has 1 atom stereocenters. The average molecular weight is 223 g/mol. The van der Waals surface area contributed by atoms with E-state index < -0.39 is 12.1 Å². The largest absolute Gasteiger partial charge is 0.547 e. The number of ether oxygens (including phenoxy) is 1.